The van der Waals surface area contributed by atoms with Gasteiger partial charge in [0.1, 0.15) is 0 Å². The Hall–Kier alpha value is -1.03. The van der Waals surface area contributed by atoms with Crippen LogP contribution in [0, 0.1) is 0 Å². The van der Waals surface area contributed by atoms with Crippen molar-refractivity contribution >= 4 is 22.0 Å². The first-order chi connectivity index (χ1) is 6.70. The first-order valence-electron chi connectivity index (χ1n) is 4.35. The molecule has 1 amide bonds. The zero-order chi connectivity index (χ0) is 10.1. The first kappa shape index (κ1) is 9.52. The molecule has 0 radical (unpaired) electrons. The summed E-state index contributed by atoms with van der Waals surface area (Å²) in [5, 5.41) is 9.64. The third-order valence-electron chi connectivity index (χ3n) is 2.42. The molecule has 2 rings (SSSR count). The lowest BCUT2D eigenvalue weighted by Crippen LogP contribution is -2.22. The Morgan fingerprint density at radius 3 is 2.79 bits per heavy atom. The number of hydrogen-bond donors (Lipinski definition) is 1. The van der Waals surface area contributed by atoms with E-state index in [0.29, 0.717) is 13.1 Å². The number of carbonyl (C=O) groups is 1. The second kappa shape index (κ2) is 3.61. The highest BCUT2D eigenvalue weighted by molar-refractivity contribution is 9.08. The van der Waals surface area contributed by atoms with Crippen LogP contribution in [0.5, 0.6) is 0 Å². The van der Waals surface area contributed by atoms with E-state index in [0.717, 1.165) is 16.5 Å². The summed E-state index contributed by atoms with van der Waals surface area (Å²) in [6, 6.07) is 6.10. The van der Waals surface area contributed by atoms with Crippen molar-refractivity contribution in [1.82, 2.24) is 4.90 Å². The van der Waals surface area contributed by atoms with Gasteiger partial charge in [-0.05, 0) is 16.7 Å². The van der Waals surface area contributed by atoms with E-state index in [2.05, 4.69) is 22.0 Å². The summed E-state index contributed by atoms with van der Waals surface area (Å²) in [5.41, 5.74) is 3.44. The number of amides is 1. The third kappa shape index (κ3) is 1.62. The number of alkyl halides is 1. The lowest BCUT2D eigenvalue weighted by atomic mass is 10.1. The van der Waals surface area contributed by atoms with Crippen LogP contribution in [0.15, 0.2) is 18.2 Å². The van der Waals surface area contributed by atoms with E-state index in [1.165, 1.54) is 10.5 Å². The highest BCUT2D eigenvalue weighted by Gasteiger charge is 2.22. The molecular formula is C10H10BrNO2. The summed E-state index contributed by atoms with van der Waals surface area (Å²) >= 11 is 3.38. The molecule has 0 aromatic heterocycles. The highest BCUT2D eigenvalue weighted by Crippen LogP contribution is 2.24. The Balaban J connectivity index is 2.27. The van der Waals surface area contributed by atoms with Crippen LogP contribution in [0.2, 0.25) is 0 Å². The van der Waals surface area contributed by atoms with Crippen LogP contribution >= 0.6 is 15.9 Å². The highest BCUT2D eigenvalue weighted by atomic mass is 79.9. The number of nitrogens with zero attached hydrogens (tertiary/aromatic N) is 1. The Kier molecular flexibility index (Phi) is 2.46. The molecule has 0 saturated heterocycles. The molecule has 1 N–H and O–H groups in total. The van der Waals surface area contributed by atoms with Gasteiger partial charge in [0.15, 0.2) is 0 Å². The average Bonchev–Trinajstić information content (AvgIpc) is 2.59. The average molecular weight is 256 g/mol. The van der Waals surface area contributed by atoms with E-state index < -0.39 is 6.09 Å². The fourth-order valence-electron chi connectivity index (χ4n) is 1.67. The molecule has 0 atom stereocenters. The van der Waals surface area contributed by atoms with Crippen LogP contribution < -0.4 is 0 Å². The normalized spacial score (nSPS) is 14.2. The summed E-state index contributed by atoms with van der Waals surface area (Å²) in [5.74, 6) is 0. The Bertz CT molecular complexity index is 378. The summed E-state index contributed by atoms with van der Waals surface area (Å²) < 4.78 is 0. The number of carboxylic acid groups (broad SMARTS) is 1. The molecule has 1 aromatic rings. The van der Waals surface area contributed by atoms with Crippen LogP contribution in [0.1, 0.15) is 16.7 Å². The predicted octanol–water partition coefficient (Wildman–Crippen LogP) is 2.58. The minimum absolute atomic E-state index is 0.519. The van der Waals surface area contributed by atoms with Crippen molar-refractivity contribution in [2.24, 2.45) is 0 Å². The van der Waals surface area contributed by atoms with Crippen LogP contribution in [-0.2, 0) is 18.4 Å². The first-order valence-corrected chi connectivity index (χ1v) is 5.47. The maximum atomic E-state index is 10.7. The molecule has 1 aliphatic rings. The second-order valence-electron chi connectivity index (χ2n) is 3.38. The zero-order valence-electron chi connectivity index (χ0n) is 7.53. The van der Waals surface area contributed by atoms with Gasteiger partial charge in [-0.2, -0.15) is 0 Å². The monoisotopic (exact) mass is 255 g/mol. The minimum Gasteiger partial charge on any atom is -0.465 e. The van der Waals surface area contributed by atoms with E-state index in [1.54, 1.807) is 0 Å². The van der Waals surface area contributed by atoms with Gasteiger partial charge in [0.2, 0.25) is 0 Å². The van der Waals surface area contributed by atoms with Gasteiger partial charge in [-0.1, -0.05) is 34.1 Å². The summed E-state index contributed by atoms with van der Waals surface area (Å²) in [6.07, 6.45) is -0.846. The molecule has 1 heterocycles. The topological polar surface area (TPSA) is 40.5 Å². The van der Waals surface area contributed by atoms with E-state index >= 15 is 0 Å². The number of rotatable bonds is 1. The predicted molar refractivity (Wildman–Crippen MR) is 56.3 cm³/mol. The third-order valence-corrected chi connectivity index (χ3v) is 3.07. The molecule has 0 aliphatic carbocycles. The molecule has 4 heteroatoms. The Morgan fingerprint density at radius 2 is 2.14 bits per heavy atom. The number of benzene rings is 1. The zero-order valence-corrected chi connectivity index (χ0v) is 9.12. The summed E-state index contributed by atoms with van der Waals surface area (Å²) in [4.78, 5) is 12.2. The number of fused-ring (bicyclic) bond motifs is 1. The van der Waals surface area contributed by atoms with Gasteiger partial charge in [0.05, 0.1) is 0 Å². The standard InChI is InChI=1S/C10H10BrNO2/c11-4-7-1-2-8-5-12(10(13)14)6-9(8)3-7/h1-3H,4-6H2,(H,13,14). The van der Waals surface area contributed by atoms with Gasteiger partial charge in [-0.3, -0.25) is 4.90 Å². The Morgan fingerprint density at radius 1 is 1.43 bits per heavy atom. The fourth-order valence-corrected chi connectivity index (χ4v) is 2.02. The van der Waals surface area contributed by atoms with E-state index in [-0.39, 0.29) is 0 Å². The van der Waals surface area contributed by atoms with Crippen molar-refractivity contribution in [3.8, 4) is 0 Å². The molecule has 1 aliphatic heterocycles. The van der Waals surface area contributed by atoms with E-state index in [9.17, 15) is 4.79 Å². The molecule has 14 heavy (non-hydrogen) atoms. The molecule has 74 valence electrons. The second-order valence-corrected chi connectivity index (χ2v) is 3.94. The Labute approximate surface area is 90.5 Å². The molecule has 0 bridgehead atoms. The van der Waals surface area contributed by atoms with Crippen molar-refractivity contribution in [2.75, 3.05) is 0 Å². The number of hydrogen-bond acceptors (Lipinski definition) is 1. The largest absolute Gasteiger partial charge is 0.465 e. The van der Waals surface area contributed by atoms with Crippen LogP contribution in [0.3, 0.4) is 0 Å². The van der Waals surface area contributed by atoms with Crippen LogP contribution in [0.25, 0.3) is 0 Å². The molecule has 0 fully saturated rings. The van der Waals surface area contributed by atoms with E-state index in [1.807, 2.05) is 12.1 Å². The maximum absolute atomic E-state index is 10.7. The molecule has 0 spiro atoms. The SMILES string of the molecule is O=C(O)N1Cc2ccc(CBr)cc2C1. The lowest BCUT2D eigenvalue weighted by molar-refractivity contribution is 0.145. The molecular weight excluding hydrogens is 246 g/mol. The number of halogens is 1. The van der Waals surface area contributed by atoms with Gasteiger partial charge >= 0.3 is 6.09 Å². The summed E-state index contributed by atoms with van der Waals surface area (Å²) in [7, 11) is 0. The quantitative estimate of drug-likeness (QED) is 0.784. The molecule has 0 saturated carbocycles. The minimum atomic E-state index is -0.846. The fraction of sp³-hybridized carbons (Fsp3) is 0.300. The van der Waals surface area contributed by atoms with Crippen LogP contribution in [0.4, 0.5) is 4.79 Å². The van der Waals surface area contributed by atoms with Crippen molar-refractivity contribution in [3.63, 3.8) is 0 Å². The maximum Gasteiger partial charge on any atom is 0.407 e. The molecule has 0 unspecified atom stereocenters. The summed E-state index contributed by atoms with van der Waals surface area (Å²) in [6.45, 7) is 1.04. The molecule has 1 aromatic carbocycles. The van der Waals surface area contributed by atoms with Gasteiger partial charge in [0.25, 0.3) is 0 Å². The van der Waals surface area contributed by atoms with Gasteiger partial charge < -0.3 is 5.11 Å². The molecule has 3 nitrogen and oxygen atoms in total. The van der Waals surface area contributed by atoms with Crippen LogP contribution in [-0.4, -0.2) is 16.1 Å². The van der Waals surface area contributed by atoms with E-state index in [4.69, 9.17) is 5.11 Å². The van der Waals surface area contributed by atoms with Gasteiger partial charge in [-0.25, -0.2) is 4.79 Å². The van der Waals surface area contributed by atoms with Crippen molar-refractivity contribution < 1.29 is 9.90 Å². The van der Waals surface area contributed by atoms with Gasteiger partial charge in [-0.15, -0.1) is 0 Å². The van der Waals surface area contributed by atoms with Crippen molar-refractivity contribution in [3.05, 3.63) is 34.9 Å². The van der Waals surface area contributed by atoms with Crippen molar-refractivity contribution in [2.45, 2.75) is 18.4 Å². The van der Waals surface area contributed by atoms with Crippen molar-refractivity contribution in [1.29, 1.82) is 0 Å². The lowest BCUT2D eigenvalue weighted by Gasteiger charge is -2.08. The van der Waals surface area contributed by atoms with Gasteiger partial charge in [0, 0.05) is 18.4 Å². The smallest absolute Gasteiger partial charge is 0.407 e.